The topological polar surface area (TPSA) is 24.5 Å². The molecule has 3 nitrogen and oxygen atoms in total. The second kappa shape index (κ2) is 9.86. The van der Waals surface area contributed by atoms with Gasteiger partial charge in [-0.15, -0.1) is 0 Å². The molecule has 1 aliphatic carbocycles. The van der Waals surface area contributed by atoms with E-state index in [9.17, 15) is 0 Å². The molecule has 3 heteroatoms. The second-order valence-electron chi connectivity index (χ2n) is 5.22. The Morgan fingerprint density at radius 2 is 1.82 bits per heavy atom. The van der Waals surface area contributed by atoms with Crippen LogP contribution < -0.4 is 5.32 Å². The zero-order valence-corrected chi connectivity index (χ0v) is 11.7. The van der Waals surface area contributed by atoms with Gasteiger partial charge in [-0.1, -0.05) is 19.3 Å². The molecule has 0 atom stereocenters. The minimum absolute atomic E-state index is 0.859. The molecule has 17 heavy (non-hydrogen) atoms. The van der Waals surface area contributed by atoms with Crippen molar-refractivity contribution in [2.75, 3.05) is 40.4 Å². The molecule has 0 spiro atoms. The lowest BCUT2D eigenvalue weighted by molar-refractivity contribution is 0.187. The van der Waals surface area contributed by atoms with Crippen LogP contribution in [0.1, 0.15) is 44.9 Å². The normalized spacial score (nSPS) is 17.8. The van der Waals surface area contributed by atoms with E-state index in [2.05, 4.69) is 17.3 Å². The smallest absolute Gasteiger partial charge is 0.0474 e. The first-order chi connectivity index (χ1) is 8.34. The number of nitrogens with zero attached hydrogens (tertiary/aromatic N) is 1. The summed E-state index contributed by atoms with van der Waals surface area (Å²) < 4.78 is 5.02. The number of nitrogens with one attached hydrogen (secondary N) is 1. The van der Waals surface area contributed by atoms with Gasteiger partial charge in [0, 0.05) is 19.8 Å². The number of hydrogen-bond donors (Lipinski definition) is 1. The summed E-state index contributed by atoms with van der Waals surface area (Å²) in [6.07, 6.45) is 9.53. The van der Waals surface area contributed by atoms with E-state index >= 15 is 0 Å². The Bertz CT molecular complexity index is 170. The molecule has 1 fully saturated rings. The van der Waals surface area contributed by atoms with E-state index in [0.717, 1.165) is 32.2 Å². The molecule has 0 radical (unpaired) electrons. The van der Waals surface area contributed by atoms with Crippen molar-refractivity contribution in [1.82, 2.24) is 10.2 Å². The van der Waals surface area contributed by atoms with E-state index in [-0.39, 0.29) is 0 Å². The maximum Gasteiger partial charge on any atom is 0.0474 e. The molecule has 0 aliphatic heterocycles. The van der Waals surface area contributed by atoms with Gasteiger partial charge >= 0.3 is 0 Å². The van der Waals surface area contributed by atoms with Crippen molar-refractivity contribution >= 4 is 0 Å². The highest BCUT2D eigenvalue weighted by molar-refractivity contribution is 4.73. The average Bonchev–Trinajstić information content (AvgIpc) is 2.38. The molecule has 0 amide bonds. The Morgan fingerprint density at radius 3 is 2.53 bits per heavy atom. The lowest BCUT2D eigenvalue weighted by Crippen LogP contribution is -2.35. The molecule has 0 aromatic carbocycles. The summed E-state index contributed by atoms with van der Waals surface area (Å²) in [6, 6.07) is 0.859. The maximum absolute atomic E-state index is 5.02. The van der Waals surface area contributed by atoms with Crippen LogP contribution in [0.5, 0.6) is 0 Å². The fourth-order valence-electron chi connectivity index (χ4n) is 2.62. The van der Waals surface area contributed by atoms with Gasteiger partial charge in [0.25, 0.3) is 0 Å². The molecule has 0 unspecified atom stereocenters. The van der Waals surface area contributed by atoms with Crippen molar-refractivity contribution in [2.45, 2.75) is 51.0 Å². The van der Waals surface area contributed by atoms with Crippen molar-refractivity contribution in [3.05, 3.63) is 0 Å². The molecule has 0 aromatic rings. The van der Waals surface area contributed by atoms with Crippen molar-refractivity contribution in [3.8, 4) is 0 Å². The van der Waals surface area contributed by atoms with Crippen LogP contribution in [0.4, 0.5) is 0 Å². The minimum atomic E-state index is 0.859. The van der Waals surface area contributed by atoms with Crippen LogP contribution in [0, 0.1) is 0 Å². The zero-order chi connectivity index (χ0) is 12.3. The van der Waals surface area contributed by atoms with Crippen molar-refractivity contribution in [1.29, 1.82) is 0 Å². The lowest BCUT2D eigenvalue weighted by Gasteiger charge is -2.31. The van der Waals surface area contributed by atoms with Gasteiger partial charge < -0.3 is 15.0 Å². The fraction of sp³-hybridized carbons (Fsp3) is 1.00. The van der Waals surface area contributed by atoms with Crippen molar-refractivity contribution in [2.24, 2.45) is 0 Å². The lowest BCUT2D eigenvalue weighted by atomic mass is 9.94. The van der Waals surface area contributed by atoms with Gasteiger partial charge in [-0.2, -0.15) is 0 Å². The fourth-order valence-corrected chi connectivity index (χ4v) is 2.62. The highest BCUT2D eigenvalue weighted by atomic mass is 16.5. The predicted octanol–water partition coefficient (Wildman–Crippen LogP) is 2.27. The molecule has 0 bridgehead atoms. The molecule has 1 rings (SSSR count). The van der Waals surface area contributed by atoms with Crippen LogP contribution in [0.15, 0.2) is 0 Å². The third kappa shape index (κ3) is 7.02. The summed E-state index contributed by atoms with van der Waals surface area (Å²) in [7, 11) is 4.06. The molecule has 0 saturated heterocycles. The number of hydrogen-bond acceptors (Lipinski definition) is 3. The Balaban J connectivity index is 1.90. The van der Waals surface area contributed by atoms with E-state index in [1.807, 2.05) is 0 Å². The quantitative estimate of drug-likeness (QED) is 0.628. The first-order valence-electron chi connectivity index (χ1n) is 7.24. The largest absolute Gasteiger partial charge is 0.385 e. The Morgan fingerprint density at radius 1 is 1.12 bits per heavy atom. The Hall–Kier alpha value is -0.120. The van der Waals surface area contributed by atoms with Gasteiger partial charge in [-0.25, -0.2) is 0 Å². The Labute approximate surface area is 107 Å². The summed E-state index contributed by atoms with van der Waals surface area (Å²) in [5, 5.41) is 3.47. The van der Waals surface area contributed by atoms with E-state index in [1.54, 1.807) is 7.11 Å². The molecule has 1 N–H and O–H groups in total. The standard InChI is InChI=1S/C14H30N2O/c1-16(14-8-4-3-5-9-14)12-6-10-15-11-7-13-17-2/h14-15H,3-13H2,1-2H3. The average molecular weight is 242 g/mol. The van der Waals surface area contributed by atoms with Crippen molar-refractivity contribution < 1.29 is 4.74 Å². The first kappa shape index (κ1) is 14.9. The highest BCUT2D eigenvalue weighted by Crippen LogP contribution is 2.21. The van der Waals surface area contributed by atoms with E-state index in [1.165, 1.54) is 45.1 Å². The van der Waals surface area contributed by atoms with Gasteiger partial charge in [0.05, 0.1) is 0 Å². The summed E-state index contributed by atoms with van der Waals surface area (Å²) in [5.74, 6) is 0. The van der Waals surface area contributed by atoms with E-state index < -0.39 is 0 Å². The monoisotopic (exact) mass is 242 g/mol. The molecule has 0 heterocycles. The summed E-state index contributed by atoms with van der Waals surface area (Å²) in [5.41, 5.74) is 0. The predicted molar refractivity (Wildman–Crippen MR) is 73.5 cm³/mol. The summed E-state index contributed by atoms with van der Waals surface area (Å²) in [4.78, 5) is 2.57. The van der Waals surface area contributed by atoms with Gasteiger partial charge in [-0.05, 0) is 52.4 Å². The SMILES string of the molecule is COCCCNCCCN(C)C1CCCCC1. The summed E-state index contributed by atoms with van der Waals surface area (Å²) >= 11 is 0. The van der Waals surface area contributed by atoms with Crippen LogP contribution in [0.25, 0.3) is 0 Å². The summed E-state index contributed by atoms with van der Waals surface area (Å²) in [6.45, 7) is 4.33. The molecule has 0 aromatic heterocycles. The third-order valence-electron chi connectivity index (χ3n) is 3.76. The zero-order valence-electron chi connectivity index (χ0n) is 11.7. The molecular weight excluding hydrogens is 212 g/mol. The maximum atomic E-state index is 5.02. The van der Waals surface area contributed by atoms with Gasteiger partial charge in [-0.3, -0.25) is 0 Å². The highest BCUT2D eigenvalue weighted by Gasteiger charge is 2.16. The first-order valence-corrected chi connectivity index (χ1v) is 7.24. The second-order valence-corrected chi connectivity index (χ2v) is 5.22. The van der Waals surface area contributed by atoms with E-state index in [4.69, 9.17) is 4.74 Å². The molecule has 102 valence electrons. The van der Waals surface area contributed by atoms with Crippen LogP contribution in [0.2, 0.25) is 0 Å². The van der Waals surface area contributed by atoms with Crippen LogP contribution in [0.3, 0.4) is 0 Å². The number of methoxy groups -OCH3 is 1. The van der Waals surface area contributed by atoms with Gasteiger partial charge in [0.2, 0.25) is 0 Å². The molecule has 1 saturated carbocycles. The molecule has 1 aliphatic rings. The van der Waals surface area contributed by atoms with Crippen LogP contribution >= 0.6 is 0 Å². The van der Waals surface area contributed by atoms with Gasteiger partial charge in [0.1, 0.15) is 0 Å². The minimum Gasteiger partial charge on any atom is -0.385 e. The van der Waals surface area contributed by atoms with Crippen LogP contribution in [-0.4, -0.2) is 51.3 Å². The van der Waals surface area contributed by atoms with Crippen molar-refractivity contribution in [3.63, 3.8) is 0 Å². The van der Waals surface area contributed by atoms with Gasteiger partial charge in [0.15, 0.2) is 0 Å². The Kier molecular flexibility index (Phi) is 8.67. The number of ether oxygens (including phenoxy) is 1. The third-order valence-corrected chi connectivity index (χ3v) is 3.76. The number of rotatable bonds is 9. The molecular formula is C14H30N2O. The van der Waals surface area contributed by atoms with Crippen LogP contribution in [-0.2, 0) is 4.74 Å². The van der Waals surface area contributed by atoms with E-state index in [0.29, 0.717) is 0 Å².